The van der Waals surface area contributed by atoms with Crippen LogP contribution in [0.15, 0.2) is 67.0 Å². The Labute approximate surface area is 241 Å². The normalized spacial score (nSPS) is 10.8. The van der Waals surface area contributed by atoms with Crippen LogP contribution in [0.5, 0.6) is 5.75 Å². The summed E-state index contributed by atoms with van der Waals surface area (Å²) in [5.74, 6) is 0.0569. The quantitative estimate of drug-likeness (QED) is 0.181. The summed E-state index contributed by atoms with van der Waals surface area (Å²) >= 11 is 6.44. The first-order valence-corrected chi connectivity index (χ1v) is 13.1. The number of hydrogen-bond donors (Lipinski definition) is 3. The fourth-order valence-electron chi connectivity index (χ4n) is 3.75. The number of rotatable bonds is 14. The van der Waals surface area contributed by atoms with Crippen molar-refractivity contribution in [1.29, 1.82) is 0 Å². The predicted octanol–water partition coefficient (Wildman–Crippen LogP) is 4.85. The summed E-state index contributed by atoms with van der Waals surface area (Å²) in [4.78, 5) is 32.8. The average molecular weight is 582 g/mol. The molecule has 3 aromatic carbocycles. The summed E-state index contributed by atoms with van der Waals surface area (Å²) in [6.45, 7) is 0.965. The molecular weight excluding hydrogens is 553 g/mol. The molecule has 0 bridgehead atoms. The second kappa shape index (κ2) is 14.9. The van der Waals surface area contributed by atoms with Crippen molar-refractivity contribution in [2.75, 3.05) is 44.1 Å². The van der Waals surface area contributed by atoms with Crippen molar-refractivity contribution in [1.82, 2.24) is 15.3 Å². The van der Waals surface area contributed by atoms with Crippen molar-refractivity contribution in [3.63, 3.8) is 0 Å². The number of carbonyl (C=O) groups is 2. The number of aromatic nitrogens is 2. The minimum absolute atomic E-state index is 0.0877. The van der Waals surface area contributed by atoms with Gasteiger partial charge in [-0.25, -0.2) is 14.4 Å². The topological polar surface area (TPSA) is 124 Å². The molecule has 12 heteroatoms. The van der Waals surface area contributed by atoms with Crippen LogP contribution in [0.4, 0.5) is 21.6 Å². The highest BCUT2D eigenvalue weighted by atomic mass is 35.5. The lowest BCUT2D eigenvalue weighted by atomic mass is 10.2. The fraction of sp³-hybridized carbons (Fsp3) is 0.241. The van der Waals surface area contributed by atoms with Gasteiger partial charge in [-0.3, -0.25) is 9.59 Å². The Hall–Kier alpha value is -4.32. The van der Waals surface area contributed by atoms with Gasteiger partial charge >= 0.3 is 0 Å². The van der Waals surface area contributed by atoms with Crippen LogP contribution in [0.3, 0.4) is 0 Å². The van der Waals surface area contributed by atoms with Crippen molar-refractivity contribution in [2.45, 2.75) is 13.0 Å². The van der Waals surface area contributed by atoms with Crippen molar-refractivity contribution in [3.8, 4) is 5.75 Å². The van der Waals surface area contributed by atoms with E-state index >= 15 is 0 Å². The predicted molar refractivity (Wildman–Crippen MR) is 154 cm³/mol. The highest BCUT2D eigenvalue weighted by Crippen LogP contribution is 2.31. The van der Waals surface area contributed by atoms with E-state index in [9.17, 15) is 14.0 Å². The van der Waals surface area contributed by atoms with Crippen LogP contribution >= 0.6 is 11.6 Å². The largest absolute Gasteiger partial charge is 0.487 e. The van der Waals surface area contributed by atoms with E-state index in [2.05, 4.69) is 25.9 Å². The maximum atomic E-state index is 13.4. The third-order valence-electron chi connectivity index (χ3n) is 5.74. The number of methoxy groups -OCH3 is 1. The first-order chi connectivity index (χ1) is 19.9. The summed E-state index contributed by atoms with van der Waals surface area (Å²) in [7, 11) is 1.55. The number of ether oxygens (including phenoxy) is 3. The number of carbonyl (C=O) groups excluding carboxylic acids is 2. The molecule has 0 atom stereocenters. The van der Waals surface area contributed by atoms with E-state index in [0.717, 1.165) is 0 Å². The molecule has 214 valence electrons. The Kier molecular flexibility index (Phi) is 10.8. The highest BCUT2D eigenvalue weighted by molar-refractivity contribution is 6.32. The van der Waals surface area contributed by atoms with Gasteiger partial charge in [-0.2, -0.15) is 0 Å². The van der Waals surface area contributed by atoms with Gasteiger partial charge in [-0.1, -0.05) is 23.7 Å². The molecule has 0 aliphatic carbocycles. The number of benzene rings is 3. The molecule has 2 amide bonds. The van der Waals surface area contributed by atoms with Gasteiger partial charge in [0, 0.05) is 36.8 Å². The number of fused-ring (bicyclic) bond motifs is 1. The first-order valence-electron chi connectivity index (χ1n) is 12.7. The standard InChI is InChI=1S/C29H29ClFN5O5/c1-39-11-12-40-17-28(38)32-10-9-27(37)35-21-5-7-25-23(14-21)29(34-18-33-25)36-22-6-8-26(24(30)15-22)41-16-19-3-2-4-20(31)13-19/h2-8,13-15,18H,9-12,16-17H2,1H3,(H,32,38)(H,35,37)(H,33,34,36). The minimum atomic E-state index is -0.333. The number of nitrogens with one attached hydrogen (secondary N) is 3. The zero-order valence-corrected chi connectivity index (χ0v) is 23.0. The van der Waals surface area contributed by atoms with Crippen LogP contribution in [0, 0.1) is 5.82 Å². The van der Waals surface area contributed by atoms with Crippen LogP contribution < -0.4 is 20.7 Å². The molecule has 0 fully saturated rings. The number of anilines is 3. The van der Waals surface area contributed by atoms with Gasteiger partial charge in [0.2, 0.25) is 11.8 Å². The summed E-state index contributed by atoms with van der Waals surface area (Å²) in [5, 5.41) is 9.73. The van der Waals surface area contributed by atoms with E-state index < -0.39 is 0 Å². The lowest BCUT2D eigenvalue weighted by Gasteiger charge is -2.13. The molecule has 4 aromatic rings. The molecule has 1 aromatic heterocycles. The van der Waals surface area contributed by atoms with Crippen molar-refractivity contribution in [2.24, 2.45) is 0 Å². The van der Waals surface area contributed by atoms with E-state index in [1.165, 1.54) is 18.5 Å². The highest BCUT2D eigenvalue weighted by Gasteiger charge is 2.10. The number of hydrogen-bond acceptors (Lipinski definition) is 8. The molecule has 1 heterocycles. The van der Waals surface area contributed by atoms with Gasteiger partial charge < -0.3 is 30.2 Å². The second-order valence-electron chi connectivity index (χ2n) is 8.84. The minimum Gasteiger partial charge on any atom is -0.487 e. The molecule has 0 saturated heterocycles. The lowest BCUT2D eigenvalue weighted by molar-refractivity contribution is -0.126. The summed E-state index contributed by atoms with van der Waals surface area (Å²) in [5.41, 5.74) is 2.56. The number of amides is 2. The van der Waals surface area contributed by atoms with Gasteiger partial charge in [0.1, 0.15) is 36.9 Å². The first kappa shape index (κ1) is 29.7. The summed E-state index contributed by atoms with van der Waals surface area (Å²) in [6.07, 6.45) is 1.52. The fourth-order valence-corrected chi connectivity index (χ4v) is 3.99. The zero-order chi connectivity index (χ0) is 29.0. The average Bonchev–Trinajstić information content (AvgIpc) is 2.95. The van der Waals surface area contributed by atoms with Crippen LogP contribution in [-0.4, -0.2) is 55.3 Å². The smallest absolute Gasteiger partial charge is 0.246 e. The van der Waals surface area contributed by atoms with Crippen molar-refractivity contribution >= 4 is 51.5 Å². The Bertz CT molecular complexity index is 1510. The molecule has 4 rings (SSSR count). The van der Waals surface area contributed by atoms with Gasteiger partial charge in [0.05, 0.1) is 23.8 Å². The Morgan fingerprint density at radius 1 is 0.976 bits per heavy atom. The Balaban J connectivity index is 1.34. The van der Waals surface area contributed by atoms with E-state index in [4.69, 9.17) is 25.8 Å². The second-order valence-corrected chi connectivity index (χ2v) is 9.24. The van der Waals surface area contributed by atoms with Gasteiger partial charge in [-0.15, -0.1) is 0 Å². The van der Waals surface area contributed by atoms with Crippen LogP contribution in [0.2, 0.25) is 5.02 Å². The van der Waals surface area contributed by atoms with Crippen LogP contribution in [0.1, 0.15) is 12.0 Å². The summed E-state index contributed by atoms with van der Waals surface area (Å²) < 4.78 is 29.2. The lowest BCUT2D eigenvalue weighted by Crippen LogP contribution is -2.31. The van der Waals surface area contributed by atoms with E-state index in [1.54, 1.807) is 55.6 Å². The summed E-state index contributed by atoms with van der Waals surface area (Å²) in [6, 6.07) is 16.6. The van der Waals surface area contributed by atoms with Crippen molar-refractivity contribution in [3.05, 3.63) is 83.4 Å². The molecule has 0 unspecified atom stereocenters. The van der Waals surface area contributed by atoms with Gasteiger partial charge in [0.15, 0.2) is 0 Å². The third kappa shape index (κ3) is 9.10. The number of halogens is 2. The molecule has 0 aliphatic heterocycles. The molecule has 41 heavy (non-hydrogen) atoms. The third-order valence-corrected chi connectivity index (χ3v) is 6.03. The molecule has 0 radical (unpaired) electrons. The maximum Gasteiger partial charge on any atom is 0.246 e. The van der Waals surface area contributed by atoms with Crippen molar-refractivity contribution < 1.29 is 28.2 Å². The Morgan fingerprint density at radius 2 is 1.83 bits per heavy atom. The van der Waals surface area contributed by atoms with E-state index in [0.29, 0.717) is 57.6 Å². The molecule has 0 spiro atoms. The van der Waals surface area contributed by atoms with Gasteiger partial charge in [0.25, 0.3) is 0 Å². The van der Waals surface area contributed by atoms with Gasteiger partial charge in [-0.05, 0) is 54.1 Å². The van der Waals surface area contributed by atoms with Crippen LogP contribution in [0.25, 0.3) is 10.9 Å². The molecule has 3 N–H and O–H groups in total. The molecule has 10 nitrogen and oxygen atoms in total. The SMILES string of the molecule is COCCOCC(=O)NCCC(=O)Nc1ccc2ncnc(Nc3ccc(OCc4cccc(F)c4)c(Cl)c3)c2c1. The molecule has 0 saturated carbocycles. The molecule has 0 aliphatic rings. The monoisotopic (exact) mass is 581 g/mol. The maximum absolute atomic E-state index is 13.4. The van der Waals surface area contributed by atoms with Crippen LogP contribution in [-0.2, 0) is 25.7 Å². The molecular formula is C29H29ClFN5O5. The Morgan fingerprint density at radius 3 is 2.63 bits per heavy atom. The van der Waals surface area contributed by atoms with E-state index in [-0.39, 0.29) is 43.8 Å². The zero-order valence-electron chi connectivity index (χ0n) is 22.3. The van der Waals surface area contributed by atoms with E-state index in [1.807, 2.05) is 0 Å². The number of nitrogens with zero attached hydrogens (tertiary/aromatic N) is 2.